The lowest BCUT2D eigenvalue weighted by molar-refractivity contribution is -0.115. The predicted molar refractivity (Wildman–Crippen MR) is 106 cm³/mol. The molecule has 28 heavy (non-hydrogen) atoms. The lowest BCUT2D eigenvalue weighted by Crippen LogP contribution is -2.32. The third-order valence-electron chi connectivity index (χ3n) is 3.73. The van der Waals surface area contributed by atoms with E-state index in [-0.39, 0.29) is 24.2 Å². The Kier molecular flexibility index (Phi) is 6.33. The van der Waals surface area contributed by atoms with Gasteiger partial charge in [-0.15, -0.1) is 11.3 Å². The molecule has 8 heteroatoms. The van der Waals surface area contributed by atoms with E-state index in [1.807, 2.05) is 6.92 Å². The molecule has 0 unspecified atom stereocenters. The van der Waals surface area contributed by atoms with Crippen LogP contribution in [0.5, 0.6) is 5.75 Å². The maximum Gasteiger partial charge on any atom is 0.251 e. The Morgan fingerprint density at radius 2 is 1.82 bits per heavy atom. The number of hydrogen-bond acceptors (Lipinski definition) is 5. The number of nitrogens with one attached hydrogen (secondary N) is 2. The zero-order valence-corrected chi connectivity index (χ0v) is 15.9. The minimum atomic E-state index is -0.390. The van der Waals surface area contributed by atoms with Crippen molar-refractivity contribution in [1.82, 2.24) is 10.3 Å². The highest BCUT2D eigenvalue weighted by atomic mass is 32.1. The van der Waals surface area contributed by atoms with Gasteiger partial charge in [0.1, 0.15) is 11.6 Å². The number of carbonyl (C=O) groups excluding carboxylic acids is 2. The molecular formula is C20H18FN3O3S. The van der Waals surface area contributed by atoms with Gasteiger partial charge in [0, 0.05) is 16.5 Å². The zero-order chi connectivity index (χ0) is 19.9. The number of aromatic nitrogens is 1. The first kappa shape index (κ1) is 19.5. The van der Waals surface area contributed by atoms with E-state index in [0.29, 0.717) is 28.7 Å². The van der Waals surface area contributed by atoms with E-state index in [0.717, 1.165) is 5.56 Å². The Labute approximate surface area is 165 Å². The molecule has 0 radical (unpaired) electrons. The zero-order valence-electron chi connectivity index (χ0n) is 15.1. The second-order valence-electron chi connectivity index (χ2n) is 5.73. The Balaban J connectivity index is 1.51. The van der Waals surface area contributed by atoms with Gasteiger partial charge in [-0.05, 0) is 55.5 Å². The summed E-state index contributed by atoms with van der Waals surface area (Å²) in [5.74, 6) is -0.392. The van der Waals surface area contributed by atoms with Gasteiger partial charge in [-0.25, -0.2) is 9.37 Å². The summed E-state index contributed by atoms with van der Waals surface area (Å²) in [7, 11) is 0. The maximum atomic E-state index is 13.0. The highest BCUT2D eigenvalue weighted by Crippen LogP contribution is 2.24. The topological polar surface area (TPSA) is 80.3 Å². The fraction of sp³-hybridized carbons (Fsp3) is 0.150. The Morgan fingerprint density at radius 3 is 2.50 bits per heavy atom. The molecule has 1 heterocycles. The lowest BCUT2D eigenvalue weighted by Gasteiger charge is -2.06. The van der Waals surface area contributed by atoms with E-state index in [9.17, 15) is 14.0 Å². The number of hydrogen-bond donors (Lipinski definition) is 2. The van der Waals surface area contributed by atoms with Crippen LogP contribution in [0, 0.1) is 5.82 Å². The minimum absolute atomic E-state index is 0.183. The number of amides is 2. The molecular weight excluding hydrogens is 381 g/mol. The van der Waals surface area contributed by atoms with E-state index >= 15 is 0 Å². The molecule has 0 atom stereocenters. The fourth-order valence-electron chi connectivity index (χ4n) is 2.38. The fourth-order valence-corrected chi connectivity index (χ4v) is 3.12. The van der Waals surface area contributed by atoms with Crippen molar-refractivity contribution in [3.8, 4) is 17.0 Å². The summed E-state index contributed by atoms with van der Waals surface area (Å²) >= 11 is 1.25. The van der Waals surface area contributed by atoms with Crippen molar-refractivity contribution in [3.05, 3.63) is 65.3 Å². The number of rotatable bonds is 7. The van der Waals surface area contributed by atoms with E-state index in [2.05, 4.69) is 15.6 Å². The van der Waals surface area contributed by atoms with Gasteiger partial charge in [0.05, 0.1) is 18.8 Å². The molecule has 0 aliphatic heterocycles. The van der Waals surface area contributed by atoms with Crippen molar-refractivity contribution < 1.29 is 18.7 Å². The average molecular weight is 399 g/mol. The third-order valence-corrected chi connectivity index (χ3v) is 4.49. The second-order valence-corrected chi connectivity index (χ2v) is 6.59. The van der Waals surface area contributed by atoms with Gasteiger partial charge in [0.25, 0.3) is 5.91 Å². The Morgan fingerprint density at radius 1 is 1.11 bits per heavy atom. The molecule has 3 rings (SSSR count). The van der Waals surface area contributed by atoms with Gasteiger partial charge in [0.15, 0.2) is 5.13 Å². The first-order valence-electron chi connectivity index (χ1n) is 8.57. The average Bonchev–Trinajstić information content (AvgIpc) is 3.16. The Hall–Kier alpha value is -3.26. The number of thiazole rings is 1. The van der Waals surface area contributed by atoms with Crippen molar-refractivity contribution in [2.24, 2.45) is 0 Å². The third kappa shape index (κ3) is 5.14. The molecule has 0 saturated carbocycles. The van der Waals surface area contributed by atoms with Crippen LogP contribution in [0.2, 0.25) is 0 Å². The van der Waals surface area contributed by atoms with Crippen LogP contribution in [0.3, 0.4) is 0 Å². The molecule has 0 saturated heterocycles. The summed E-state index contributed by atoms with van der Waals surface area (Å²) < 4.78 is 18.3. The van der Waals surface area contributed by atoms with Gasteiger partial charge < -0.3 is 15.4 Å². The van der Waals surface area contributed by atoms with Gasteiger partial charge in [0.2, 0.25) is 5.91 Å². The quantitative estimate of drug-likeness (QED) is 0.635. The molecule has 6 nitrogen and oxygen atoms in total. The van der Waals surface area contributed by atoms with E-state index in [1.54, 1.807) is 41.8 Å². The van der Waals surface area contributed by atoms with E-state index in [4.69, 9.17) is 4.74 Å². The molecule has 0 fully saturated rings. The van der Waals surface area contributed by atoms with Crippen LogP contribution >= 0.6 is 11.3 Å². The van der Waals surface area contributed by atoms with Crippen LogP contribution in [0.15, 0.2) is 53.9 Å². The summed E-state index contributed by atoms with van der Waals surface area (Å²) in [6.07, 6.45) is 0. The minimum Gasteiger partial charge on any atom is -0.494 e. The van der Waals surface area contributed by atoms with Crippen LogP contribution in [0.4, 0.5) is 9.52 Å². The first-order valence-corrected chi connectivity index (χ1v) is 9.45. The largest absolute Gasteiger partial charge is 0.494 e. The first-order chi connectivity index (χ1) is 13.5. The Bertz CT molecular complexity index is 956. The number of ether oxygens (including phenoxy) is 1. The number of anilines is 1. The molecule has 0 aliphatic carbocycles. The normalized spacial score (nSPS) is 10.4. The molecule has 2 N–H and O–H groups in total. The summed E-state index contributed by atoms with van der Waals surface area (Å²) in [5.41, 5.74) is 1.82. The second kappa shape index (κ2) is 9.09. The molecule has 0 spiro atoms. The number of halogens is 1. The number of nitrogens with zero attached hydrogens (tertiary/aromatic N) is 1. The summed E-state index contributed by atoms with van der Waals surface area (Å²) in [4.78, 5) is 28.5. The van der Waals surface area contributed by atoms with Crippen molar-refractivity contribution in [2.45, 2.75) is 6.92 Å². The van der Waals surface area contributed by atoms with Crippen LogP contribution in [-0.4, -0.2) is 29.9 Å². The van der Waals surface area contributed by atoms with Crippen molar-refractivity contribution in [3.63, 3.8) is 0 Å². The number of carbonyl (C=O) groups is 2. The van der Waals surface area contributed by atoms with E-state index in [1.165, 1.54) is 23.5 Å². The molecule has 0 bridgehead atoms. The summed E-state index contributed by atoms with van der Waals surface area (Å²) in [5, 5.41) is 7.36. The maximum absolute atomic E-state index is 13.0. The molecule has 3 aromatic rings. The van der Waals surface area contributed by atoms with Gasteiger partial charge in [-0.2, -0.15) is 0 Å². The standard InChI is InChI=1S/C20H18FN3O3S/c1-2-27-16-9-5-14(6-10-16)19(26)22-11-18(25)24-20-23-17(12-28-20)13-3-7-15(21)8-4-13/h3-10,12H,2,11H2,1H3,(H,22,26)(H,23,24,25). The van der Waals surface area contributed by atoms with Crippen molar-refractivity contribution >= 4 is 28.3 Å². The molecule has 2 aromatic carbocycles. The molecule has 1 aromatic heterocycles. The van der Waals surface area contributed by atoms with Gasteiger partial charge in [-0.1, -0.05) is 0 Å². The summed E-state index contributed by atoms with van der Waals surface area (Å²) in [6, 6.07) is 12.6. The highest BCUT2D eigenvalue weighted by Gasteiger charge is 2.11. The van der Waals surface area contributed by atoms with Crippen molar-refractivity contribution in [2.75, 3.05) is 18.5 Å². The monoisotopic (exact) mass is 399 g/mol. The lowest BCUT2D eigenvalue weighted by atomic mass is 10.2. The van der Waals surface area contributed by atoms with Crippen LogP contribution in [0.1, 0.15) is 17.3 Å². The highest BCUT2D eigenvalue weighted by molar-refractivity contribution is 7.14. The predicted octanol–water partition coefficient (Wildman–Crippen LogP) is 3.72. The number of benzene rings is 2. The molecule has 0 aliphatic rings. The van der Waals surface area contributed by atoms with E-state index < -0.39 is 0 Å². The van der Waals surface area contributed by atoms with Crippen LogP contribution in [0.25, 0.3) is 11.3 Å². The SMILES string of the molecule is CCOc1ccc(C(=O)NCC(=O)Nc2nc(-c3ccc(F)cc3)cs2)cc1. The smallest absolute Gasteiger partial charge is 0.251 e. The van der Waals surface area contributed by atoms with Crippen LogP contribution < -0.4 is 15.4 Å². The van der Waals surface area contributed by atoms with Crippen molar-refractivity contribution in [1.29, 1.82) is 0 Å². The van der Waals surface area contributed by atoms with Crippen LogP contribution in [-0.2, 0) is 4.79 Å². The van der Waals surface area contributed by atoms with Gasteiger partial charge >= 0.3 is 0 Å². The molecule has 2 amide bonds. The summed E-state index contributed by atoms with van der Waals surface area (Å²) in [6.45, 7) is 2.24. The molecule has 144 valence electrons. The van der Waals surface area contributed by atoms with Gasteiger partial charge in [-0.3, -0.25) is 9.59 Å².